The number of H-pyrrole nitrogens is 1. The Hall–Kier alpha value is -2.11. The number of hydrogen-bond donors (Lipinski definition) is 3. The Balaban J connectivity index is 0.00000261. The molecule has 9 nitrogen and oxygen atoms in total. The van der Waals surface area contributed by atoms with E-state index in [2.05, 4.69) is 30.8 Å². The third-order valence-electron chi connectivity index (χ3n) is 4.25. The molecule has 1 aliphatic rings. The second kappa shape index (κ2) is 9.72. The number of aromatic amines is 1. The van der Waals surface area contributed by atoms with Crippen molar-refractivity contribution in [1.82, 2.24) is 30.7 Å². The number of carbonyl (C=O) groups is 1. The number of aliphatic imine (C=N–C) groups is 1. The molecule has 1 amide bonds. The number of halogens is 1. The van der Waals surface area contributed by atoms with Crippen LogP contribution in [0.25, 0.3) is 11.6 Å². The van der Waals surface area contributed by atoms with Crippen LogP contribution in [0, 0.1) is 5.92 Å². The van der Waals surface area contributed by atoms with E-state index >= 15 is 0 Å². The van der Waals surface area contributed by atoms with Crippen molar-refractivity contribution in [2.24, 2.45) is 10.9 Å². The smallest absolute Gasteiger partial charge is 0.225 e. The first-order chi connectivity index (χ1) is 12.6. The van der Waals surface area contributed by atoms with Crippen LogP contribution in [0.2, 0.25) is 0 Å². The summed E-state index contributed by atoms with van der Waals surface area (Å²) in [7, 11) is 1.72. The van der Waals surface area contributed by atoms with Crippen LogP contribution in [-0.4, -0.2) is 58.1 Å². The number of aromatic nitrogens is 3. The van der Waals surface area contributed by atoms with Gasteiger partial charge in [0.1, 0.15) is 5.82 Å². The average Bonchev–Trinajstić information content (AvgIpc) is 3.38. The van der Waals surface area contributed by atoms with Crippen molar-refractivity contribution in [3.8, 4) is 11.6 Å². The second-order valence-corrected chi connectivity index (χ2v) is 6.58. The van der Waals surface area contributed by atoms with Gasteiger partial charge in [-0.25, -0.2) is 4.98 Å². The zero-order valence-electron chi connectivity index (χ0n) is 15.7. The minimum Gasteiger partial charge on any atom is -0.461 e. The number of likely N-dealkylation sites (tertiary alicyclic amines) is 1. The van der Waals surface area contributed by atoms with E-state index < -0.39 is 0 Å². The molecule has 1 aliphatic heterocycles. The van der Waals surface area contributed by atoms with Gasteiger partial charge in [0, 0.05) is 32.1 Å². The van der Waals surface area contributed by atoms with Crippen molar-refractivity contribution < 1.29 is 9.21 Å². The van der Waals surface area contributed by atoms with Crippen molar-refractivity contribution in [3.05, 3.63) is 24.2 Å². The van der Waals surface area contributed by atoms with E-state index in [1.807, 2.05) is 24.8 Å². The molecule has 2 aromatic heterocycles. The largest absolute Gasteiger partial charge is 0.461 e. The molecule has 27 heavy (non-hydrogen) atoms. The summed E-state index contributed by atoms with van der Waals surface area (Å²) in [6, 6.07) is 3.80. The molecule has 0 saturated carbocycles. The van der Waals surface area contributed by atoms with Gasteiger partial charge in [0.25, 0.3) is 0 Å². The number of carbonyl (C=O) groups excluding carboxylic acids is 1. The van der Waals surface area contributed by atoms with E-state index in [-0.39, 0.29) is 41.8 Å². The summed E-state index contributed by atoms with van der Waals surface area (Å²) in [5.74, 6) is 2.72. The normalized spacial score (nSPS) is 17.1. The summed E-state index contributed by atoms with van der Waals surface area (Å²) in [5.41, 5.74) is 0. The molecule has 10 heteroatoms. The molecule has 0 aliphatic carbocycles. The Morgan fingerprint density at radius 2 is 2.33 bits per heavy atom. The Morgan fingerprint density at radius 3 is 3.00 bits per heavy atom. The SMILES string of the molecule is CN=C(NCc1nc(-c2ccco2)n[nH]1)NC1CCN(C(=O)C(C)C)C1.I. The van der Waals surface area contributed by atoms with Crippen LogP contribution < -0.4 is 10.6 Å². The number of amides is 1. The van der Waals surface area contributed by atoms with Crippen LogP contribution in [-0.2, 0) is 11.3 Å². The van der Waals surface area contributed by atoms with Crippen LogP contribution in [0.3, 0.4) is 0 Å². The first-order valence-electron chi connectivity index (χ1n) is 8.78. The lowest BCUT2D eigenvalue weighted by Gasteiger charge is -2.20. The lowest BCUT2D eigenvalue weighted by molar-refractivity contribution is -0.133. The molecule has 0 bridgehead atoms. The monoisotopic (exact) mass is 487 g/mol. The number of guanidine groups is 1. The molecule has 1 atom stereocenters. The van der Waals surface area contributed by atoms with Crippen molar-refractivity contribution in [1.29, 1.82) is 0 Å². The number of nitrogens with one attached hydrogen (secondary N) is 3. The van der Waals surface area contributed by atoms with E-state index in [9.17, 15) is 4.79 Å². The van der Waals surface area contributed by atoms with Gasteiger partial charge in [-0.2, -0.15) is 0 Å². The highest BCUT2D eigenvalue weighted by atomic mass is 127. The zero-order valence-corrected chi connectivity index (χ0v) is 18.1. The van der Waals surface area contributed by atoms with Crippen LogP contribution in [0.1, 0.15) is 26.1 Å². The fraction of sp³-hybridized carbons (Fsp3) is 0.529. The molecule has 3 N–H and O–H groups in total. The molecule has 0 spiro atoms. The van der Waals surface area contributed by atoms with E-state index in [4.69, 9.17) is 4.42 Å². The third kappa shape index (κ3) is 5.44. The zero-order chi connectivity index (χ0) is 18.5. The fourth-order valence-corrected chi connectivity index (χ4v) is 2.89. The van der Waals surface area contributed by atoms with Gasteiger partial charge >= 0.3 is 0 Å². The predicted octanol–water partition coefficient (Wildman–Crippen LogP) is 1.60. The van der Waals surface area contributed by atoms with E-state index in [0.717, 1.165) is 13.0 Å². The summed E-state index contributed by atoms with van der Waals surface area (Å²) >= 11 is 0. The highest BCUT2D eigenvalue weighted by Crippen LogP contribution is 2.14. The summed E-state index contributed by atoms with van der Waals surface area (Å²) in [4.78, 5) is 22.6. The average molecular weight is 487 g/mol. The first kappa shape index (κ1) is 21.2. The summed E-state index contributed by atoms with van der Waals surface area (Å²) < 4.78 is 5.28. The quantitative estimate of drug-likeness (QED) is 0.336. The molecule has 1 unspecified atom stereocenters. The highest BCUT2D eigenvalue weighted by Gasteiger charge is 2.27. The standard InChI is InChI=1S/C17H25N7O2.HI/c1-11(2)16(25)24-7-6-12(10-24)20-17(18-3)19-9-14-21-15(23-22-14)13-5-4-8-26-13;/h4-5,8,11-12H,6-7,9-10H2,1-3H3,(H2,18,19,20)(H,21,22,23);1H. The van der Waals surface area contributed by atoms with Crippen molar-refractivity contribution in [2.75, 3.05) is 20.1 Å². The summed E-state index contributed by atoms with van der Waals surface area (Å²) in [6.07, 6.45) is 2.49. The highest BCUT2D eigenvalue weighted by molar-refractivity contribution is 14.0. The molecular formula is C17H26IN7O2. The Bertz CT molecular complexity index is 757. The van der Waals surface area contributed by atoms with Gasteiger partial charge in [-0.3, -0.25) is 14.9 Å². The molecule has 0 radical (unpaired) electrons. The molecule has 3 rings (SSSR count). The van der Waals surface area contributed by atoms with Crippen molar-refractivity contribution in [3.63, 3.8) is 0 Å². The van der Waals surface area contributed by atoms with Gasteiger partial charge in [-0.15, -0.1) is 29.1 Å². The maximum absolute atomic E-state index is 12.1. The lowest BCUT2D eigenvalue weighted by Crippen LogP contribution is -2.45. The Morgan fingerprint density at radius 1 is 1.52 bits per heavy atom. The summed E-state index contributed by atoms with van der Waals surface area (Å²) in [5, 5.41) is 13.6. The molecule has 1 fully saturated rings. The molecule has 1 saturated heterocycles. The third-order valence-corrected chi connectivity index (χ3v) is 4.25. The van der Waals surface area contributed by atoms with Crippen molar-refractivity contribution in [2.45, 2.75) is 32.9 Å². The first-order valence-corrected chi connectivity index (χ1v) is 8.78. The minimum atomic E-state index is 0. The maximum atomic E-state index is 12.1. The van der Waals surface area contributed by atoms with Gasteiger partial charge in [0.15, 0.2) is 11.7 Å². The topological polar surface area (TPSA) is 111 Å². The van der Waals surface area contributed by atoms with Gasteiger partial charge in [-0.05, 0) is 18.6 Å². The number of hydrogen-bond acceptors (Lipinski definition) is 5. The summed E-state index contributed by atoms with van der Waals surface area (Å²) in [6.45, 7) is 5.79. The molecule has 2 aromatic rings. The van der Waals surface area contributed by atoms with E-state index in [1.54, 1.807) is 19.4 Å². The predicted molar refractivity (Wildman–Crippen MR) is 113 cm³/mol. The van der Waals surface area contributed by atoms with Crippen LogP contribution >= 0.6 is 24.0 Å². The Kier molecular flexibility index (Phi) is 7.63. The number of nitrogens with zero attached hydrogens (tertiary/aromatic N) is 4. The van der Waals surface area contributed by atoms with Gasteiger partial charge in [0.2, 0.25) is 11.7 Å². The number of furan rings is 1. The van der Waals surface area contributed by atoms with Crippen LogP contribution in [0.5, 0.6) is 0 Å². The maximum Gasteiger partial charge on any atom is 0.225 e. The van der Waals surface area contributed by atoms with E-state index in [0.29, 0.717) is 36.5 Å². The van der Waals surface area contributed by atoms with Crippen LogP contribution in [0.15, 0.2) is 27.8 Å². The van der Waals surface area contributed by atoms with Gasteiger partial charge in [-0.1, -0.05) is 13.8 Å². The number of rotatable bonds is 5. The van der Waals surface area contributed by atoms with Crippen molar-refractivity contribution >= 4 is 35.8 Å². The lowest BCUT2D eigenvalue weighted by atomic mass is 10.2. The molecule has 3 heterocycles. The second-order valence-electron chi connectivity index (χ2n) is 6.58. The van der Waals surface area contributed by atoms with E-state index in [1.165, 1.54) is 0 Å². The molecule has 0 aromatic carbocycles. The van der Waals surface area contributed by atoms with Gasteiger partial charge in [0.05, 0.1) is 12.8 Å². The molecule has 148 valence electrons. The minimum absolute atomic E-state index is 0. The fourth-order valence-electron chi connectivity index (χ4n) is 2.89. The van der Waals surface area contributed by atoms with Crippen LogP contribution in [0.4, 0.5) is 0 Å². The Labute approximate surface area is 175 Å². The molecular weight excluding hydrogens is 461 g/mol. The van der Waals surface area contributed by atoms with Gasteiger partial charge < -0.3 is 20.0 Å².